The van der Waals surface area contributed by atoms with Crippen LogP contribution in [-0.4, -0.2) is 41.1 Å². The van der Waals surface area contributed by atoms with Gasteiger partial charge in [-0.25, -0.2) is 4.79 Å². The van der Waals surface area contributed by atoms with E-state index in [1.54, 1.807) is 0 Å². The van der Waals surface area contributed by atoms with Crippen LogP contribution in [0.4, 0.5) is 4.79 Å². The van der Waals surface area contributed by atoms with E-state index in [9.17, 15) is 9.59 Å². The predicted molar refractivity (Wildman–Crippen MR) is 91.8 cm³/mol. The standard InChI is InChI=1S/C19H26N2O3/c22-17(23)9-8-16(12-15-6-2-1-3-7-15)20-18(24)21-13-19(14-21)10-4-5-11-19/h1-3,6-7,16H,4-5,8-14H2,(H,20,24)(H,22,23). The van der Waals surface area contributed by atoms with Crippen molar-refractivity contribution in [1.82, 2.24) is 10.2 Å². The molecule has 1 spiro atoms. The normalized spacial score (nSPS) is 19.8. The Labute approximate surface area is 143 Å². The molecule has 2 aliphatic rings. The van der Waals surface area contributed by atoms with Crippen LogP contribution in [-0.2, 0) is 11.2 Å². The van der Waals surface area contributed by atoms with Gasteiger partial charge in [-0.3, -0.25) is 4.79 Å². The number of hydrogen-bond donors (Lipinski definition) is 2. The van der Waals surface area contributed by atoms with Crippen molar-refractivity contribution in [1.29, 1.82) is 0 Å². The maximum absolute atomic E-state index is 12.5. The van der Waals surface area contributed by atoms with Crippen LogP contribution in [0.5, 0.6) is 0 Å². The van der Waals surface area contributed by atoms with Crippen LogP contribution in [0.1, 0.15) is 44.1 Å². The van der Waals surface area contributed by atoms with Gasteiger partial charge in [-0.1, -0.05) is 43.2 Å². The molecule has 5 nitrogen and oxygen atoms in total. The van der Waals surface area contributed by atoms with Crippen LogP contribution in [0, 0.1) is 5.41 Å². The van der Waals surface area contributed by atoms with Crippen LogP contribution < -0.4 is 5.32 Å². The van der Waals surface area contributed by atoms with Crippen LogP contribution in [0.2, 0.25) is 0 Å². The molecule has 2 fully saturated rings. The van der Waals surface area contributed by atoms with Gasteiger partial charge >= 0.3 is 12.0 Å². The van der Waals surface area contributed by atoms with Crippen molar-refractivity contribution in [3.05, 3.63) is 35.9 Å². The van der Waals surface area contributed by atoms with E-state index in [0.29, 0.717) is 18.3 Å². The summed E-state index contributed by atoms with van der Waals surface area (Å²) in [5, 5.41) is 12.0. The minimum Gasteiger partial charge on any atom is -0.481 e. The van der Waals surface area contributed by atoms with E-state index in [-0.39, 0.29) is 18.5 Å². The molecule has 0 bridgehead atoms. The average molecular weight is 330 g/mol. The zero-order valence-electron chi connectivity index (χ0n) is 14.0. The minimum absolute atomic E-state index is 0.0427. The smallest absolute Gasteiger partial charge is 0.317 e. The van der Waals surface area contributed by atoms with E-state index < -0.39 is 5.97 Å². The molecule has 3 rings (SSSR count). The van der Waals surface area contributed by atoms with Crippen molar-refractivity contribution in [2.45, 2.75) is 51.0 Å². The molecule has 0 radical (unpaired) electrons. The first-order valence-corrected chi connectivity index (χ1v) is 8.88. The first-order chi connectivity index (χ1) is 11.6. The van der Waals surface area contributed by atoms with Gasteiger partial charge in [0.05, 0.1) is 0 Å². The number of urea groups is 1. The van der Waals surface area contributed by atoms with Gasteiger partial charge in [0.25, 0.3) is 0 Å². The molecule has 1 aromatic rings. The fourth-order valence-electron chi connectivity index (χ4n) is 4.04. The zero-order chi connectivity index (χ0) is 17.0. The summed E-state index contributed by atoms with van der Waals surface area (Å²) in [7, 11) is 0. The fourth-order valence-corrected chi connectivity index (χ4v) is 4.04. The highest BCUT2D eigenvalue weighted by Crippen LogP contribution is 2.45. The van der Waals surface area contributed by atoms with Gasteiger partial charge in [-0.15, -0.1) is 0 Å². The van der Waals surface area contributed by atoms with Gasteiger partial charge in [-0.05, 0) is 31.2 Å². The molecule has 5 heteroatoms. The number of carboxylic acids is 1. The maximum atomic E-state index is 12.5. The van der Waals surface area contributed by atoms with Gasteiger partial charge < -0.3 is 15.3 Å². The summed E-state index contributed by atoms with van der Waals surface area (Å²) in [6.07, 6.45) is 6.23. The second-order valence-corrected chi connectivity index (χ2v) is 7.33. The molecular formula is C19H26N2O3. The Balaban J connectivity index is 1.54. The fraction of sp³-hybridized carbons (Fsp3) is 0.579. The largest absolute Gasteiger partial charge is 0.481 e. The number of rotatable bonds is 6. The third-order valence-corrected chi connectivity index (χ3v) is 5.36. The van der Waals surface area contributed by atoms with Crippen molar-refractivity contribution in [3.8, 4) is 0 Å². The van der Waals surface area contributed by atoms with E-state index in [4.69, 9.17) is 5.11 Å². The second kappa shape index (κ2) is 7.24. The molecule has 1 aromatic carbocycles. The predicted octanol–water partition coefficient (Wildman–Crippen LogP) is 3.05. The highest BCUT2D eigenvalue weighted by Gasteiger charge is 2.46. The Morgan fingerprint density at radius 1 is 1.17 bits per heavy atom. The van der Waals surface area contributed by atoms with E-state index in [0.717, 1.165) is 18.7 Å². The van der Waals surface area contributed by atoms with Crippen LogP contribution >= 0.6 is 0 Å². The lowest BCUT2D eigenvalue weighted by Crippen LogP contribution is -2.61. The summed E-state index contributed by atoms with van der Waals surface area (Å²) < 4.78 is 0. The number of amides is 2. The highest BCUT2D eigenvalue weighted by molar-refractivity contribution is 5.76. The summed E-state index contributed by atoms with van der Waals surface area (Å²) in [5.74, 6) is -0.823. The van der Waals surface area contributed by atoms with Crippen molar-refractivity contribution in [2.24, 2.45) is 5.41 Å². The third-order valence-electron chi connectivity index (χ3n) is 5.36. The van der Waals surface area contributed by atoms with E-state index in [1.165, 1.54) is 25.7 Å². The molecule has 1 saturated carbocycles. The Kier molecular flexibility index (Phi) is 5.07. The lowest BCUT2D eigenvalue weighted by molar-refractivity contribution is -0.137. The highest BCUT2D eigenvalue weighted by atomic mass is 16.4. The summed E-state index contributed by atoms with van der Waals surface area (Å²) >= 11 is 0. The lowest BCUT2D eigenvalue weighted by Gasteiger charge is -2.48. The molecule has 0 aromatic heterocycles. The number of nitrogens with one attached hydrogen (secondary N) is 1. The summed E-state index contributed by atoms with van der Waals surface area (Å²) in [5.41, 5.74) is 1.50. The summed E-state index contributed by atoms with van der Waals surface area (Å²) in [6, 6.07) is 9.72. The van der Waals surface area contributed by atoms with Gasteiger partial charge in [0.2, 0.25) is 0 Å². The van der Waals surface area contributed by atoms with E-state index in [2.05, 4.69) is 5.32 Å². The van der Waals surface area contributed by atoms with Crippen molar-refractivity contribution >= 4 is 12.0 Å². The number of aliphatic carboxylic acids is 1. The van der Waals surface area contributed by atoms with Crippen molar-refractivity contribution in [2.75, 3.05) is 13.1 Å². The quantitative estimate of drug-likeness (QED) is 0.842. The number of hydrogen-bond acceptors (Lipinski definition) is 2. The number of nitrogens with zero attached hydrogens (tertiary/aromatic N) is 1. The average Bonchev–Trinajstić information content (AvgIpc) is 3.02. The number of carboxylic acid groups (broad SMARTS) is 1. The second-order valence-electron chi connectivity index (χ2n) is 7.33. The molecule has 24 heavy (non-hydrogen) atoms. The van der Waals surface area contributed by atoms with Gasteiger partial charge in [0.15, 0.2) is 0 Å². The SMILES string of the molecule is O=C(O)CCC(Cc1ccccc1)NC(=O)N1CC2(CCCC2)C1. The van der Waals surface area contributed by atoms with Crippen molar-refractivity contribution < 1.29 is 14.7 Å². The molecule has 1 aliphatic carbocycles. The number of carbonyl (C=O) groups is 2. The Morgan fingerprint density at radius 3 is 2.46 bits per heavy atom. The number of likely N-dealkylation sites (tertiary alicyclic amines) is 1. The molecule has 1 aliphatic heterocycles. The van der Waals surface area contributed by atoms with Crippen LogP contribution in [0.25, 0.3) is 0 Å². The topological polar surface area (TPSA) is 69.6 Å². The Hall–Kier alpha value is -2.04. The van der Waals surface area contributed by atoms with Crippen molar-refractivity contribution in [3.63, 3.8) is 0 Å². The number of carbonyl (C=O) groups excluding carboxylic acids is 1. The lowest BCUT2D eigenvalue weighted by atomic mass is 9.78. The zero-order valence-corrected chi connectivity index (χ0v) is 14.0. The van der Waals surface area contributed by atoms with Gasteiger partial charge in [0.1, 0.15) is 0 Å². The molecule has 1 atom stereocenters. The molecule has 1 unspecified atom stereocenters. The number of benzene rings is 1. The molecule has 1 heterocycles. The summed E-state index contributed by atoms with van der Waals surface area (Å²) in [6.45, 7) is 1.71. The molecular weight excluding hydrogens is 304 g/mol. The Bertz CT molecular complexity index is 574. The third kappa shape index (κ3) is 4.08. The maximum Gasteiger partial charge on any atom is 0.317 e. The van der Waals surface area contributed by atoms with Gasteiger partial charge in [-0.2, -0.15) is 0 Å². The molecule has 2 amide bonds. The monoisotopic (exact) mass is 330 g/mol. The van der Waals surface area contributed by atoms with E-state index in [1.807, 2.05) is 35.2 Å². The Morgan fingerprint density at radius 2 is 1.83 bits per heavy atom. The first-order valence-electron chi connectivity index (χ1n) is 8.88. The first kappa shape index (κ1) is 16.8. The molecule has 2 N–H and O–H groups in total. The minimum atomic E-state index is -0.823. The van der Waals surface area contributed by atoms with Crippen LogP contribution in [0.15, 0.2) is 30.3 Å². The summed E-state index contributed by atoms with van der Waals surface area (Å²) in [4.78, 5) is 25.2. The van der Waals surface area contributed by atoms with Crippen LogP contribution in [0.3, 0.4) is 0 Å². The van der Waals surface area contributed by atoms with Gasteiger partial charge in [0, 0.05) is 31.0 Å². The van der Waals surface area contributed by atoms with E-state index >= 15 is 0 Å². The molecule has 130 valence electrons. The molecule has 1 saturated heterocycles.